The van der Waals surface area contributed by atoms with Crippen LogP contribution in [0.4, 0.5) is 0 Å². The average Bonchev–Trinajstić information content (AvgIpc) is 3.11. The maximum atomic E-state index is 5.66. The Kier molecular flexibility index (Phi) is 4.99. The fourth-order valence-electron chi connectivity index (χ4n) is 3.74. The Bertz CT molecular complexity index is 443. The molecule has 4 nitrogen and oxygen atoms in total. The zero-order valence-electron chi connectivity index (χ0n) is 13.3. The smallest absolute Gasteiger partial charge is 0.118 e. The van der Waals surface area contributed by atoms with Gasteiger partial charge in [0.1, 0.15) is 11.5 Å². The number of likely N-dealkylation sites (tertiary alicyclic amines) is 2. The van der Waals surface area contributed by atoms with Crippen LogP contribution in [0, 0.1) is 12.8 Å². The van der Waals surface area contributed by atoms with Gasteiger partial charge in [0.15, 0.2) is 0 Å². The van der Waals surface area contributed by atoms with E-state index in [2.05, 4.69) is 22.8 Å². The first-order valence-corrected chi connectivity index (χ1v) is 8.47. The molecule has 0 aliphatic carbocycles. The summed E-state index contributed by atoms with van der Waals surface area (Å²) in [6, 6.07) is 2.13. The summed E-state index contributed by atoms with van der Waals surface area (Å²) < 4.78 is 5.66. The Morgan fingerprint density at radius 3 is 2.48 bits per heavy atom. The minimum absolute atomic E-state index is 0.499. The van der Waals surface area contributed by atoms with Crippen LogP contribution in [0.5, 0.6) is 0 Å². The predicted molar refractivity (Wildman–Crippen MR) is 85.0 cm³/mol. The summed E-state index contributed by atoms with van der Waals surface area (Å²) in [5.41, 5.74) is 6.96. The van der Waals surface area contributed by atoms with Gasteiger partial charge in [0.25, 0.3) is 0 Å². The highest BCUT2D eigenvalue weighted by molar-refractivity contribution is 5.20. The normalized spacial score (nSPS) is 22.2. The molecule has 0 aromatic carbocycles. The third-order valence-electron chi connectivity index (χ3n) is 5.09. The van der Waals surface area contributed by atoms with Crippen LogP contribution in [-0.4, -0.2) is 42.5 Å². The van der Waals surface area contributed by atoms with Crippen molar-refractivity contribution < 1.29 is 4.42 Å². The number of hydrogen-bond donors (Lipinski definition) is 1. The third kappa shape index (κ3) is 3.87. The van der Waals surface area contributed by atoms with Gasteiger partial charge in [-0.25, -0.2) is 0 Å². The van der Waals surface area contributed by atoms with Crippen molar-refractivity contribution in [1.82, 2.24) is 9.80 Å². The summed E-state index contributed by atoms with van der Waals surface area (Å²) in [4.78, 5) is 5.23. The Labute approximate surface area is 128 Å². The van der Waals surface area contributed by atoms with Crippen LogP contribution in [0.3, 0.4) is 0 Å². The quantitative estimate of drug-likeness (QED) is 0.904. The fourth-order valence-corrected chi connectivity index (χ4v) is 3.74. The summed E-state index contributed by atoms with van der Waals surface area (Å²) in [5, 5.41) is 0. The van der Waals surface area contributed by atoms with Gasteiger partial charge in [-0.2, -0.15) is 0 Å². The molecule has 118 valence electrons. The highest BCUT2D eigenvalue weighted by Gasteiger charge is 2.23. The first-order chi connectivity index (χ1) is 10.2. The summed E-state index contributed by atoms with van der Waals surface area (Å²) in [7, 11) is 0. The molecule has 0 radical (unpaired) electrons. The Morgan fingerprint density at radius 2 is 1.86 bits per heavy atom. The van der Waals surface area contributed by atoms with E-state index in [1.165, 1.54) is 64.0 Å². The molecular weight excluding hydrogens is 262 g/mol. The molecule has 2 N–H and O–H groups in total. The van der Waals surface area contributed by atoms with Crippen molar-refractivity contribution in [3.05, 3.63) is 23.2 Å². The lowest BCUT2D eigenvalue weighted by Gasteiger charge is -2.33. The van der Waals surface area contributed by atoms with Gasteiger partial charge in [-0.3, -0.25) is 4.90 Å². The van der Waals surface area contributed by atoms with Crippen molar-refractivity contribution in [3.8, 4) is 0 Å². The van der Waals surface area contributed by atoms with E-state index >= 15 is 0 Å². The van der Waals surface area contributed by atoms with Gasteiger partial charge in [-0.1, -0.05) is 0 Å². The van der Waals surface area contributed by atoms with Gasteiger partial charge < -0.3 is 15.1 Å². The standard InChI is InChI=1S/C17H29N3O/c1-14-16(10-17(11-18)21-14)13-20-8-4-15(5-9-20)12-19-6-2-3-7-19/h10,15H,2-9,11-13,18H2,1H3. The van der Waals surface area contributed by atoms with E-state index < -0.39 is 0 Å². The van der Waals surface area contributed by atoms with Crippen LogP contribution in [0.25, 0.3) is 0 Å². The van der Waals surface area contributed by atoms with Crippen LogP contribution in [0.15, 0.2) is 10.5 Å². The second-order valence-corrected chi connectivity index (χ2v) is 6.73. The van der Waals surface area contributed by atoms with Crippen molar-refractivity contribution >= 4 is 0 Å². The van der Waals surface area contributed by atoms with Crippen LogP contribution < -0.4 is 5.73 Å². The molecule has 2 saturated heterocycles. The molecule has 0 saturated carbocycles. The minimum Gasteiger partial charge on any atom is -0.465 e. The van der Waals surface area contributed by atoms with Gasteiger partial charge in [0.2, 0.25) is 0 Å². The molecule has 1 aromatic rings. The average molecular weight is 291 g/mol. The van der Waals surface area contributed by atoms with Crippen LogP contribution in [-0.2, 0) is 13.1 Å². The first-order valence-electron chi connectivity index (χ1n) is 8.47. The van der Waals surface area contributed by atoms with E-state index in [0.29, 0.717) is 6.54 Å². The number of rotatable bonds is 5. The van der Waals surface area contributed by atoms with Crippen molar-refractivity contribution in [3.63, 3.8) is 0 Å². The lowest BCUT2D eigenvalue weighted by atomic mass is 9.96. The highest BCUT2D eigenvalue weighted by Crippen LogP contribution is 2.23. The molecule has 4 heteroatoms. The SMILES string of the molecule is Cc1oc(CN)cc1CN1CCC(CN2CCCC2)CC1. The number of aryl methyl sites for hydroxylation is 1. The molecular formula is C17H29N3O. The van der Waals surface area contributed by atoms with Crippen molar-refractivity contribution in [2.75, 3.05) is 32.7 Å². The van der Waals surface area contributed by atoms with Crippen LogP contribution in [0.1, 0.15) is 42.8 Å². The molecule has 3 heterocycles. The predicted octanol–water partition coefficient (Wildman–Crippen LogP) is 2.35. The van der Waals surface area contributed by atoms with Gasteiger partial charge in [0.05, 0.1) is 6.54 Å². The van der Waals surface area contributed by atoms with E-state index in [4.69, 9.17) is 10.2 Å². The lowest BCUT2D eigenvalue weighted by molar-refractivity contribution is 0.148. The molecule has 2 aliphatic rings. The van der Waals surface area contributed by atoms with Crippen molar-refractivity contribution in [1.29, 1.82) is 0 Å². The summed E-state index contributed by atoms with van der Waals surface area (Å²) in [6.45, 7) is 10.0. The molecule has 21 heavy (non-hydrogen) atoms. The number of furan rings is 1. The number of hydrogen-bond acceptors (Lipinski definition) is 4. The second kappa shape index (κ2) is 6.95. The zero-order chi connectivity index (χ0) is 14.7. The molecule has 2 fully saturated rings. The summed E-state index contributed by atoms with van der Waals surface area (Å²) in [5.74, 6) is 2.85. The maximum absolute atomic E-state index is 5.66. The van der Waals surface area contributed by atoms with Crippen molar-refractivity contribution in [2.24, 2.45) is 11.7 Å². The first kappa shape index (κ1) is 15.1. The Balaban J connectivity index is 1.45. The van der Waals surface area contributed by atoms with E-state index in [1.54, 1.807) is 0 Å². The topological polar surface area (TPSA) is 45.6 Å². The molecule has 0 amide bonds. The Hall–Kier alpha value is -0.840. The number of nitrogens with zero attached hydrogens (tertiary/aromatic N) is 2. The van der Waals surface area contributed by atoms with E-state index in [-0.39, 0.29) is 0 Å². The molecule has 0 bridgehead atoms. The van der Waals surface area contributed by atoms with E-state index in [9.17, 15) is 0 Å². The third-order valence-corrected chi connectivity index (χ3v) is 5.09. The van der Waals surface area contributed by atoms with Crippen LogP contribution >= 0.6 is 0 Å². The number of piperidine rings is 1. The van der Waals surface area contributed by atoms with Gasteiger partial charge in [-0.15, -0.1) is 0 Å². The fraction of sp³-hybridized carbons (Fsp3) is 0.765. The highest BCUT2D eigenvalue weighted by atomic mass is 16.3. The van der Waals surface area contributed by atoms with Gasteiger partial charge in [0, 0.05) is 18.7 Å². The molecule has 3 rings (SSSR count). The lowest BCUT2D eigenvalue weighted by Crippen LogP contribution is -2.37. The zero-order valence-corrected chi connectivity index (χ0v) is 13.3. The maximum Gasteiger partial charge on any atom is 0.118 e. The summed E-state index contributed by atoms with van der Waals surface area (Å²) in [6.07, 6.45) is 5.50. The minimum atomic E-state index is 0.499. The number of nitrogens with two attached hydrogens (primary N) is 1. The Morgan fingerprint density at radius 1 is 1.14 bits per heavy atom. The van der Waals surface area contributed by atoms with E-state index in [1.807, 2.05) is 0 Å². The van der Waals surface area contributed by atoms with Crippen LogP contribution in [0.2, 0.25) is 0 Å². The van der Waals surface area contributed by atoms with Crippen molar-refractivity contribution in [2.45, 2.75) is 45.7 Å². The molecule has 0 unspecified atom stereocenters. The molecule has 1 aromatic heterocycles. The molecule has 0 atom stereocenters. The second-order valence-electron chi connectivity index (χ2n) is 6.73. The largest absolute Gasteiger partial charge is 0.465 e. The molecule has 0 spiro atoms. The summed E-state index contributed by atoms with van der Waals surface area (Å²) >= 11 is 0. The monoisotopic (exact) mass is 291 g/mol. The van der Waals surface area contributed by atoms with E-state index in [0.717, 1.165) is 24.0 Å². The molecule has 2 aliphatic heterocycles. The van der Waals surface area contributed by atoms with Gasteiger partial charge in [-0.05, 0) is 70.8 Å². The van der Waals surface area contributed by atoms with Gasteiger partial charge >= 0.3 is 0 Å².